The fourth-order valence-electron chi connectivity index (χ4n) is 10.6. The quantitative estimate of drug-likeness (QED) is 0.165. The zero-order valence-electron chi connectivity index (χ0n) is 35.1. The van der Waals surface area contributed by atoms with E-state index in [1.54, 1.807) is 0 Å². The Kier molecular flexibility index (Phi) is 8.21. The first-order chi connectivity index (χ1) is 27.7. The van der Waals surface area contributed by atoms with Crippen molar-refractivity contribution in [3.05, 3.63) is 115 Å². The molecular weight excluding hydrogens is 817 g/mol. The Hall–Kier alpha value is -3.88. The lowest BCUT2D eigenvalue weighted by atomic mass is 9.97. The van der Waals surface area contributed by atoms with E-state index in [0.717, 1.165) is 0 Å². The molecule has 6 heteroatoms. The molecule has 0 fully saturated rings. The maximum atomic E-state index is 2.39. The summed E-state index contributed by atoms with van der Waals surface area (Å²) in [6, 6.07) is 19.1. The number of thiophene rings is 6. The van der Waals surface area contributed by atoms with Crippen LogP contribution in [0.1, 0.15) is 66.8 Å². The predicted octanol–water partition coefficient (Wildman–Crippen LogP) is 18.8. The van der Waals surface area contributed by atoms with E-state index in [4.69, 9.17) is 0 Å². The molecule has 0 N–H and O–H groups in total. The Morgan fingerprint density at radius 1 is 0.224 bits per heavy atom. The average molecular weight is 861 g/mol. The van der Waals surface area contributed by atoms with E-state index in [1.165, 1.54) is 168 Å². The van der Waals surface area contributed by atoms with Crippen LogP contribution >= 0.6 is 68.0 Å². The summed E-state index contributed by atoms with van der Waals surface area (Å²) >= 11 is 12.4. The third kappa shape index (κ3) is 5.06. The molecule has 0 unspecified atom stereocenters. The van der Waals surface area contributed by atoms with Crippen molar-refractivity contribution in [2.24, 2.45) is 0 Å². The predicted molar refractivity (Wildman–Crippen MR) is 269 cm³/mol. The number of benzene rings is 4. The average Bonchev–Trinajstić information content (AvgIpc) is 3.93. The molecule has 0 bridgehead atoms. The maximum Gasteiger partial charge on any atom is 0.0550 e. The monoisotopic (exact) mass is 860 g/mol. The van der Waals surface area contributed by atoms with Gasteiger partial charge >= 0.3 is 0 Å². The minimum atomic E-state index is 1.33. The van der Waals surface area contributed by atoms with Gasteiger partial charge in [0.05, 0.1) is 57.1 Å². The first-order valence-electron chi connectivity index (χ1n) is 20.1. The zero-order valence-corrected chi connectivity index (χ0v) is 40.0. The summed E-state index contributed by atoms with van der Waals surface area (Å²) in [5, 5.41) is 5.92. The summed E-state index contributed by atoms with van der Waals surface area (Å²) in [5.41, 5.74) is 22.0. The molecule has 0 aliphatic carbocycles. The zero-order chi connectivity index (χ0) is 40.4. The number of hydrogen-bond acceptors (Lipinski definition) is 6. The second kappa shape index (κ2) is 12.8. The Balaban J connectivity index is 1.42. The summed E-state index contributed by atoms with van der Waals surface area (Å²) in [6.07, 6.45) is 0. The molecule has 0 radical (unpaired) electrons. The molecule has 0 aliphatic heterocycles. The van der Waals surface area contributed by atoms with E-state index in [1.807, 2.05) is 0 Å². The van der Waals surface area contributed by atoms with Crippen molar-refractivity contribution < 1.29 is 0 Å². The minimum absolute atomic E-state index is 1.33. The summed E-state index contributed by atoms with van der Waals surface area (Å²) < 4.78 is 11.7. The van der Waals surface area contributed by atoms with Gasteiger partial charge in [-0.15, -0.1) is 68.0 Å². The van der Waals surface area contributed by atoms with Gasteiger partial charge in [0, 0.05) is 21.5 Å². The highest BCUT2D eigenvalue weighted by Gasteiger charge is 2.32. The van der Waals surface area contributed by atoms with Crippen molar-refractivity contribution >= 4 is 127 Å². The molecule has 6 heterocycles. The van der Waals surface area contributed by atoms with E-state index >= 15 is 0 Å². The molecule has 288 valence electrons. The topological polar surface area (TPSA) is 0 Å². The summed E-state index contributed by atoms with van der Waals surface area (Å²) in [4.78, 5) is 5.76. The third-order valence-electron chi connectivity index (χ3n) is 12.4. The Morgan fingerprint density at radius 3 is 0.569 bits per heavy atom. The molecule has 6 aromatic heterocycles. The molecule has 58 heavy (non-hydrogen) atoms. The molecule has 0 amide bonds. The van der Waals surface area contributed by atoms with Crippen LogP contribution in [-0.4, -0.2) is 0 Å². The molecule has 0 saturated heterocycles. The number of aryl methyl sites for hydroxylation is 12. The van der Waals surface area contributed by atoms with E-state index in [-0.39, 0.29) is 0 Å². The van der Waals surface area contributed by atoms with Gasteiger partial charge in [0.2, 0.25) is 0 Å². The van der Waals surface area contributed by atoms with Gasteiger partial charge in [-0.05, 0) is 150 Å². The lowest BCUT2D eigenvalue weighted by Crippen LogP contribution is -1.88. The molecule has 0 nitrogen and oxygen atoms in total. The van der Waals surface area contributed by atoms with Crippen molar-refractivity contribution in [2.75, 3.05) is 0 Å². The van der Waals surface area contributed by atoms with E-state index in [0.29, 0.717) is 0 Å². The van der Waals surface area contributed by atoms with Gasteiger partial charge in [-0.2, -0.15) is 0 Å². The van der Waals surface area contributed by atoms with Crippen LogP contribution in [0, 0.1) is 83.1 Å². The van der Waals surface area contributed by atoms with Crippen LogP contribution in [0.4, 0.5) is 0 Å². The van der Waals surface area contributed by atoms with E-state index in [9.17, 15) is 0 Å². The molecule has 0 saturated carbocycles. The van der Waals surface area contributed by atoms with Crippen LogP contribution in [-0.2, 0) is 0 Å². The van der Waals surface area contributed by atoms with E-state index in [2.05, 4.69) is 200 Å². The Bertz CT molecular complexity index is 3010. The van der Waals surface area contributed by atoms with Gasteiger partial charge in [0.1, 0.15) is 0 Å². The Labute approximate surface area is 364 Å². The van der Waals surface area contributed by atoms with Crippen LogP contribution in [0.2, 0.25) is 0 Å². The molecule has 5 aromatic carbocycles. The van der Waals surface area contributed by atoms with Gasteiger partial charge in [-0.3, -0.25) is 0 Å². The van der Waals surface area contributed by atoms with Crippen LogP contribution < -0.4 is 0 Å². The van der Waals surface area contributed by atoms with Crippen molar-refractivity contribution in [1.82, 2.24) is 0 Å². The van der Waals surface area contributed by atoms with Gasteiger partial charge in [0.15, 0.2) is 0 Å². The molecule has 11 rings (SSSR count). The van der Waals surface area contributed by atoms with Crippen LogP contribution in [0.3, 0.4) is 0 Å². The van der Waals surface area contributed by atoms with Crippen LogP contribution in [0.25, 0.3) is 101 Å². The normalized spacial score (nSPS) is 12.5. The lowest BCUT2D eigenvalue weighted by molar-refractivity contribution is 1.33. The van der Waals surface area contributed by atoms with Gasteiger partial charge in [0.25, 0.3) is 0 Å². The SMILES string of the molecule is Cc1cc(C)c(-c2sc3c4sc(-c5c(C)cc(C)cc5C)c5sc6c(-c7c(C)cc(C)cc7C)sc(c7sc(-c8c(C)cc(C)cc8C)c8sc2c3c87)c6c54)c(C)c1. The Morgan fingerprint density at radius 2 is 0.397 bits per heavy atom. The van der Waals surface area contributed by atoms with Gasteiger partial charge in [-0.1, -0.05) is 70.8 Å². The van der Waals surface area contributed by atoms with Crippen LogP contribution in [0.15, 0.2) is 48.5 Å². The summed E-state index contributed by atoms with van der Waals surface area (Å²) in [6.45, 7) is 27.5. The second-order valence-electron chi connectivity index (χ2n) is 17.2. The summed E-state index contributed by atoms with van der Waals surface area (Å²) in [7, 11) is 0. The number of fused-ring (bicyclic) bond motifs is 2. The van der Waals surface area contributed by atoms with Crippen molar-refractivity contribution in [1.29, 1.82) is 0 Å². The smallest absolute Gasteiger partial charge is 0.0550 e. The van der Waals surface area contributed by atoms with Crippen molar-refractivity contribution in [2.45, 2.75) is 83.1 Å². The van der Waals surface area contributed by atoms with Crippen LogP contribution in [0.5, 0.6) is 0 Å². The highest BCUT2D eigenvalue weighted by molar-refractivity contribution is 7.43. The molecule has 0 aliphatic rings. The largest absolute Gasteiger partial charge is 0.132 e. The highest BCUT2D eigenvalue weighted by atomic mass is 32.1. The molecule has 0 spiro atoms. The van der Waals surface area contributed by atoms with Gasteiger partial charge < -0.3 is 0 Å². The standard InChI is InChI=1S/C52H44S6/c1-21-13-25(5)33(26(6)14-21)41-45-37-38-46(57-45)42(34-27(7)15-22(2)16-28(34)8)55-51(38)52-40-39-47(58-48(40)44(56-52)36-31(11)19-24(4)20-32(36)12)43(54-50(39)49(37)53-41)35-29(9)17-23(3)18-30(35)10/h13-20H,1-12H3. The third-order valence-corrected chi connectivity index (χ3v) is 20.5. The second-order valence-corrected chi connectivity index (χ2v) is 23.3. The lowest BCUT2D eigenvalue weighted by Gasteiger charge is -2.10. The minimum Gasteiger partial charge on any atom is -0.132 e. The maximum absolute atomic E-state index is 2.39. The first-order valence-corrected chi connectivity index (χ1v) is 25.0. The number of rotatable bonds is 4. The fraction of sp³-hybridized carbons (Fsp3) is 0.231. The molecular formula is C52H44S6. The summed E-state index contributed by atoms with van der Waals surface area (Å²) in [5.74, 6) is 0. The molecule has 11 aromatic rings. The van der Waals surface area contributed by atoms with Gasteiger partial charge in [-0.25, -0.2) is 0 Å². The highest BCUT2D eigenvalue weighted by Crippen LogP contribution is 2.63. The fourth-order valence-corrected chi connectivity index (χ4v) is 20.1. The first kappa shape index (κ1) is 37.1. The van der Waals surface area contributed by atoms with Crippen molar-refractivity contribution in [3.8, 4) is 41.8 Å². The molecule has 0 atom stereocenters. The van der Waals surface area contributed by atoms with Crippen molar-refractivity contribution in [3.63, 3.8) is 0 Å². The van der Waals surface area contributed by atoms with E-state index < -0.39 is 0 Å². The number of hydrogen-bond donors (Lipinski definition) is 0.